The van der Waals surface area contributed by atoms with Crippen molar-refractivity contribution in [1.82, 2.24) is 4.90 Å². The number of ether oxygens (including phenoxy) is 1. The van der Waals surface area contributed by atoms with Gasteiger partial charge < -0.3 is 20.5 Å². The summed E-state index contributed by atoms with van der Waals surface area (Å²) in [5.74, 6) is -0.332. The number of nitrogens with zero attached hydrogens (tertiary/aromatic N) is 1. The van der Waals surface area contributed by atoms with Gasteiger partial charge in [-0.05, 0) is 57.8 Å². The molecule has 0 saturated carbocycles. The van der Waals surface area contributed by atoms with E-state index in [0.29, 0.717) is 18.1 Å². The first kappa shape index (κ1) is 18.9. The van der Waals surface area contributed by atoms with Crippen LogP contribution in [-0.2, 0) is 4.74 Å². The lowest BCUT2D eigenvalue weighted by Crippen LogP contribution is -2.36. The average Bonchev–Trinajstić information content (AvgIpc) is 2.60. The number of hydrogen-bond acceptors (Lipinski definition) is 5. The van der Waals surface area contributed by atoms with Gasteiger partial charge >= 0.3 is 5.97 Å². The van der Waals surface area contributed by atoms with Gasteiger partial charge in [-0.2, -0.15) is 0 Å². The first-order chi connectivity index (χ1) is 11.4. The molecule has 0 aliphatic carbocycles. The summed E-state index contributed by atoms with van der Waals surface area (Å²) in [6.45, 7) is 7.47. The van der Waals surface area contributed by atoms with E-state index in [1.807, 2.05) is 0 Å². The number of anilines is 1. The molecule has 2 rings (SSSR count). The number of benzene rings is 1. The highest BCUT2D eigenvalue weighted by Crippen LogP contribution is 2.34. The van der Waals surface area contributed by atoms with Crippen molar-refractivity contribution in [3.05, 3.63) is 22.2 Å². The molecular weight excluding hydrogens is 328 g/mol. The fourth-order valence-corrected chi connectivity index (χ4v) is 3.22. The normalized spacial score (nSPS) is 16.3. The number of rotatable bonds is 6. The van der Waals surface area contributed by atoms with Crippen molar-refractivity contribution in [2.24, 2.45) is 5.92 Å². The number of hydrogen-bond donors (Lipinski definition) is 2. The second-order valence-electron chi connectivity index (χ2n) is 6.53. The topological polar surface area (TPSA) is 75.8 Å². The van der Waals surface area contributed by atoms with E-state index in [9.17, 15) is 9.90 Å². The first-order valence-electron chi connectivity index (χ1n) is 8.61. The predicted octanol–water partition coefficient (Wildman–Crippen LogP) is 3.61. The Morgan fingerprint density at radius 3 is 2.75 bits per heavy atom. The summed E-state index contributed by atoms with van der Waals surface area (Å²) < 4.78 is 5.40. The van der Waals surface area contributed by atoms with Crippen LogP contribution in [0, 0.1) is 12.8 Å². The third-order valence-electron chi connectivity index (χ3n) is 4.75. The number of halogens is 1. The molecule has 3 N–H and O–H groups in total. The highest BCUT2D eigenvalue weighted by Gasteiger charge is 2.23. The van der Waals surface area contributed by atoms with E-state index in [2.05, 4.69) is 11.8 Å². The first-order valence-corrected chi connectivity index (χ1v) is 8.98. The molecule has 1 aromatic carbocycles. The maximum atomic E-state index is 12.2. The summed E-state index contributed by atoms with van der Waals surface area (Å²) in [7, 11) is 0. The van der Waals surface area contributed by atoms with E-state index in [-0.39, 0.29) is 22.0 Å². The van der Waals surface area contributed by atoms with Gasteiger partial charge in [-0.1, -0.05) is 24.9 Å². The predicted molar refractivity (Wildman–Crippen MR) is 96.6 cm³/mol. The number of phenols is 1. The number of nitrogens with two attached hydrogens (primary N) is 1. The maximum absolute atomic E-state index is 12.2. The molecule has 134 valence electrons. The Bertz CT molecular complexity index is 584. The molecule has 0 unspecified atom stereocenters. The third-order valence-corrected chi connectivity index (χ3v) is 5.06. The molecule has 24 heavy (non-hydrogen) atoms. The van der Waals surface area contributed by atoms with Gasteiger partial charge in [0.2, 0.25) is 0 Å². The van der Waals surface area contributed by atoms with Crippen molar-refractivity contribution in [3.63, 3.8) is 0 Å². The molecule has 1 saturated heterocycles. The molecule has 1 aliphatic rings. The number of nitrogen functional groups attached to an aromatic ring is 1. The Morgan fingerprint density at radius 1 is 1.46 bits per heavy atom. The Hall–Kier alpha value is -1.46. The van der Waals surface area contributed by atoms with E-state index in [0.717, 1.165) is 32.5 Å². The third kappa shape index (κ3) is 4.54. The molecule has 0 bridgehead atoms. The number of carbonyl (C=O) groups excluding carboxylic acids is 1. The van der Waals surface area contributed by atoms with Crippen molar-refractivity contribution < 1.29 is 14.6 Å². The summed E-state index contributed by atoms with van der Waals surface area (Å²) in [5.41, 5.74) is 6.50. The van der Waals surface area contributed by atoms with E-state index in [4.69, 9.17) is 22.1 Å². The van der Waals surface area contributed by atoms with Gasteiger partial charge in [0.1, 0.15) is 11.3 Å². The number of carbonyl (C=O) groups is 1. The minimum absolute atomic E-state index is 0.0760. The molecule has 0 radical (unpaired) electrons. The molecule has 0 amide bonds. The Balaban J connectivity index is 1.86. The van der Waals surface area contributed by atoms with Crippen LogP contribution in [0.5, 0.6) is 5.75 Å². The number of esters is 1. The zero-order valence-electron chi connectivity index (χ0n) is 14.5. The molecule has 1 fully saturated rings. The zero-order valence-corrected chi connectivity index (χ0v) is 15.2. The van der Waals surface area contributed by atoms with Gasteiger partial charge in [-0.3, -0.25) is 0 Å². The van der Waals surface area contributed by atoms with Crippen molar-refractivity contribution in [1.29, 1.82) is 0 Å². The van der Waals surface area contributed by atoms with Crippen LogP contribution in [0.15, 0.2) is 6.07 Å². The number of likely N-dealkylation sites (tertiary alicyclic amines) is 1. The van der Waals surface area contributed by atoms with Crippen LogP contribution in [-0.4, -0.2) is 42.2 Å². The molecule has 1 heterocycles. The Kier molecular flexibility index (Phi) is 6.75. The highest BCUT2D eigenvalue weighted by molar-refractivity contribution is 6.33. The number of phenolic OH excluding ortho intramolecular Hbond substituents is 1. The van der Waals surface area contributed by atoms with Crippen molar-refractivity contribution >= 4 is 23.3 Å². The molecule has 0 atom stereocenters. The van der Waals surface area contributed by atoms with Crippen molar-refractivity contribution in [3.8, 4) is 5.75 Å². The molecular formula is C18H27ClN2O3. The van der Waals surface area contributed by atoms with Crippen LogP contribution in [0.3, 0.4) is 0 Å². The molecule has 0 aromatic heterocycles. The fraction of sp³-hybridized carbons (Fsp3) is 0.611. The van der Waals surface area contributed by atoms with E-state index in [1.54, 1.807) is 6.92 Å². The monoisotopic (exact) mass is 354 g/mol. The second kappa shape index (κ2) is 8.58. The van der Waals surface area contributed by atoms with E-state index < -0.39 is 5.97 Å². The largest absolute Gasteiger partial charge is 0.507 e. The van der Waals surface area contributed by atoms with Crippen LogP contribution < -0.4 is 5.73 Å². The summed E-state index contributed by atoms with van der Waals surface area (Å²) in [6, 6.07) is 1.37. The Morgan fingerprint density at radius 2 is 2.12 bits per heavy atom. The lowest BCUT2D eigenvalue weighted by molar-refractivity contribution is 0.0369. The molecule has 1 aliphatic heterocycles. The van der Waals surface area contributed by atoms with E-state index in [1.165, 1.54) is 18.9 Å². The SMILES string of the molecule is CCCCN1CCC(COC(=O)c2cc(Cl)c(N)c(C)c2O)CC1. The van der Waals surface area contributed by atoms with Gasteiger partial charge in [0.05, 0.1) is 17.3 Å². The lowest BCUT2D eigenvalue weighted by Gasteiger charge is -2.31. The molecule has 5 nitrogen and oxygen atoms in total. The number of aromatic hydroxyl groups is 1. The van der Waals surface area contributed by atoms with Crippen LogP contribution in [0.2, 0.25) is 5.02 Å². The smallest absolute Gasteiger partial charge is 0.341 e. The molecule has 6 heteroatoms. The summed E-state index contributed by atoms with van der Waals surface area (Å²) in [6.07, 6.45) is 4.51. The van der Waals surface area contributed by atoms with Crippen molar-refractivity contribution in [2.45, 2.75) is 39.5 Å². The van der Waals surface area contributed by atoms with Gasteiger partial charge in [-0.25, -0.2) is 4.79 Å². The molecule has 0 spiro atoms. The summed E-state index contributed by atoms with van der Waals surface area (Å²) in [5, 5.41) is 10.3. The highest BCUT2D eigenvalue weighted by atomic mass is 35.5. The number of piperidine rings is 1. The molecule has 1 aromatic rings. The second-order valence-corrected chi connectivity index (χ2v) is 6.94. The average molecular weight is 355 g/mol. The standard InChI is InChI=1S/C18H27ClN2O3/c1-3-4-7-21-8-5-13(6-9-21)11-24-18(23)14-10-15(19)16(20)12(2)17(14)22/h10,13,22H,3-9,11,20H2,1-2H3. The summed E-state index contributed by atoms with van der Waals surface area (Å²) >= 11 is 5.99. The van der Waals surface area contributed by atoms with Gasteiger partial charge in [0.15, 0.2) is 0 Å². The van der Waals surface area contributed by atoms with Crippen LogP contribution in [0.25, 0.3) is 0 Å². The Labute approximate surface area is 148 Å². The van der Waals surface area contributed by atoms with Crippen LogP contribution >= 0.6 is 11.6 Å². The quantitative estimate of drug-likeness (QED) is 0.603. The lowest BCUT2D eigenvalue weighted by atomic mass is 9.97. The minimum atomic E-state index is -0.550. The van der Waals surface area contributed by atoms with Crippen LogP contribution in [0.1, 0.15) is 48.5 Å². The maximum Gasteiger partial charge on any atom is 0.341 e. The van der Waals surface area contributed by atoms with Gasteiger partial charge in [0.25, 0.3) is 0 Å². The van der Waals surface area contributed by atoms with Gasteiger partial charge in [-0.15, -0.1) is 0 Å². The van der Waals surface area contributed by atoms with E-state index >= 15 is 0 Å². The summed E-state index contributed by atoms with van der Waals surface area (Å²) in [4.78, 5) is 14.7. The van der Waals surface area contributed by atoms with Gasteiger partial charge in [0, 0.05) is 5.56 Å². The van der Waals surface area contributed by atoms with Crippen molar-refractivity contribution in [2.75, 3.05) is 32.0 Å². The number of unbranched alkanes of at least 4 members (excludes halogenated alkanes) is 1. The zero-order chi connectivity index (χ0) is 17.7. The fourth-order valence-electron chi connectivity index (χ4n) is 2.97. The minimum Gasteiger partial charge on any atom is -0.507 e. The van der Waals surface area contributed by atoms with Crippen LogP contribution in [0.4, 0.5) is 5.69 Å².